The third-order valence-corrected chi connectivity index (χ3v) is 2.80. The number of carbonyl (C=O) groups excluding carboxylic acids is 1. The van der Waals surface area contributed by atoms with Gasteiger partial charge in [0.1, 0.15) is 10.4 Å². The highest BCUT2D eigenvalue weighted by atomic mass is 35.5. The maximum absolute atomic E-state index is 11.3. The van der Waals surface area contributed by atoms with Crippen molar-refractivity contribution in [2.45, 2.75) is 13.8 Å². The van der Waals surface area contributed by atoms with Crippen LogP contribution in [-0.2, 0) is 0 Å². The average molecular weight is 228 g/mol. The minimum atomic E-state index is -0.122. The zero-order chi connectivity index (χ0) is 10.3. The van der Waals surface area contributed by atoms with Crippen LogP contribution in [-0.4, -0.2) is 20.7 Å². The van der Waals surface area contributed by atoms with E-state index in [-0.39, 0.29) is 11.1 Å². The Hall–Kier alpha value is -1.07. The number of aromatic nitrogens is 3. The molecular weight excluding hydrogens is 222 g/mol. The molecule has 0 spiro atoms. The van der Waals surface area contributed by atoms with Gasteiger partial charge in [-0.2, -0.15) is 4.98 Å². The SMILES string of the molecule is CC(=O)c1nc(Cl)nc2nc(C)sc12. The van der Waals surface area contributed by atoms with Crippen LogP contribution >= 0.6 is 22.9 Å². The van der Waals surface area contributed by atoms with Crippen molar-refractivity contribution in [3.63, 3.8) is 0 Å². The van der Waals surface area contributed by atoms with Crippen LogP contribution in [0.1, 0.15) is 22.4 Å². The molecule has 2 aromatic rings. The number of aryl methyl sites for hydroxylation is 1. The van der Waals surface area contributed by atoms with E-state index in [1.54, 1.807) is 0 Å². The van der Waals surface area contributed by atoms with Gasteiger partial charge >= 0.3 is 0 Å². The first-order valence-corrected chi connectivity index (χ1v) is 5.09. The van der Waals surface area contributed by atoms with E-state index >= 15 is 0 Å². The summed E-state index contributed by atoms with van der Waals surface area (Å²) in [4.78, 5) is 23.2. The average Bonchev–Trinajstić information content (AvgIpc) is 2.42. The fraction of sp³-hybridized carbons (Fsp3) is 0.250. The molecule has 0 radical (unpaired) electrons. The van der Waals surface area contributed by atoms with Crippen molar-refractivity contribution < 1.29 is 4.79 Å². The molecule has 4 nitrogen and oxygen atoms in total. The summed E-state index contributed by atoms with van der Waals surface area (Å²) in [6, 6.07) is 0. The van der Waals surface area contributed by atoms with E-state index in [1.807, 2.05) is 6.92 Å². The van der Waals surface area contributed by atoms with Gasteiger partial charge in [0.25, 0.3) is 0 Å². The Bertz CT molecular complexity index is 523. The Labute approximate surface area is 89.0 Å². The molecule has 0 aliphatic heterocycles. The van der Waals surface area contributed by atoms with E-state index in [0.717, 1.165) is 5.01 Å². The lowest BCUT2D eigenvalue weighted by molar-refractivity contribution is 0.101. The molecule has 72 valence electrons. The van der Waals surface area contributed by atoms with E-state index in [4.69, 9.17) is 11.6 Å². The molecule has 0 aliphatic carbocycles. The number of hydrogen-bond acceptors (Lipinski definition) is 5. The van der Waals surface area contributed by atoms with Crippen molar-refractivity contribution >= 4 is 39.1 Å². The van der Waals surface area contributed by atoms with Gasteiger partial charge < -0.3 is 0 Å². The molecule has 0 bridgehead atoms. The molecule has 0 fully saturated rings. The number of halogens is 1. The maximum atomic E-state index is 11.3. The molecule has 2 aromatic heterocycles. The summed E-state index contributed by atoms with van der Waals surface area (Å²) < 4.78 is 0.708. The van der Waals surface area contributed by atoms with Crippen molar-refractivity contribution in [3.05, 3.63) is 16.0 Å². The van der Waals surface area contributed by atoms with E-state index in [2.05, 4.69) is 15.0 Å². The summed E-state index contributed by atoms with van der Waals surface area (Å²) in [6.07, 6.45) is 0. The van der Waals surface area contributed by atoms with E-state index < -0.39 is 0 Å². The topological polar surface area (TPSA) is 55.7 Å². The first kappa shape index (κ1) is 9.48. The second-order valence-corrected chi connectivity index (χ2v) is 4.32. The lowest BCUT2D eigenvalue weighted by atomic mass is 10.3. The van der Waals surface area contributed by atoms with Crippen LogP contribution < -0.4 is 0 Å². The molecule has 0 saturated carbocycles. The molecule has 0 unspecified atom stereocenters. The molecule has 0 aliphatic rings. The molecular formula is C8H6ClN3OS. The minimum absolute atomic E-state index is 0.0630. The Morgan fingerprint density at radius 3 is 2.71 bits per heavy atom. The Morgan fingerprint density at radius 2 is 2.07 bits per heavy atom. The van der Waals surface area contributed by atoms with Gasteiger partial charge in [-0.05, 0) is 18.5 Å². The normalized spacial score (nSPS) is 10.8. The lowest BCUT2D eigenvalue weighted by Crippen LogP contribution is -1.98. The number of hydrogen-bond donors (Lipinski definition) is 0. The Balaban J connectivity index is 2.85. The number of rotatable bonds is 1. The molecule has 6 heteroatoms. The van der Waals surface area contributed by atoms with Gasteiger partial charge in [0.05, 0.1) is 5.01 Å². The zero-order valence-electron chi connectivity index (χ0n) is 7.54. The zero-order valence-corrected chi connectivity index (χ0v) is 9.11. The first-order chi connectivity index (χ1) is 6.58. The van der Waals surface area contributed by atoms with Gasteiger partial charge in [-0.3, -0.25) is 4.79 Å². The molecule has 2 rings (SSSR count). The standard InChI is InChI=1S/C8H6ClN3OS/c1-3(13)5-6-7(10-4(2)14-6)12-8(9)11-5/h1-2H3. The predicted octanol–water partition coefficient (Wildman–Crippen LogP) is 2.25. The van der Waals surface area contributed by atoms with Gasteiger partial charge in [-0.1, -0.05) is 0 Å². The monoisotopic (exact) mass is 227 g/mol. The van der Waals surface area contributed by atoms with Crippen LogP contribution in [0.2, 0.25) is 5.28 Å². The van der Waals surface area contributed by atoms with Crippen LogP contribution in [0.3, 0.4) is 0 Å². The third-order valence-electron chi connectivity index (χ3n) is 1.67. The molecule has 2 heterocycles. The highest BCUT2D eigenvalue weighted by molar-refractivity contribution is 7.18. The summed E-state index contributed by atoms with van der Waals surface area (Å²) in [7, 11) is 0. The second kappa shape index (κ2) is 3.25. The molecule has 0 atom stereocenters. The van der Waals surface area contributed by atoms with Crippen LogP contribution in [0, 0.1) is 6.92 Å². The molecule has 0 N–H and O–H groups in total. The molecule has 0 amide bonds. The number of nitrogens with zero attached hydrogens (tertiary/aromatic N) is 3. The van der Waals surface area contributed by atoms with Gasteiger partial charge in [0.15, 0.2) is 11.4 Å². The number of ketones is 1. The minimum Gasteiger partial charge on any atom is -0.293 e. The molecule has 0 aromatic carbocycles. The fourth-order valence-corrected chi connectivity index (χ4v) is 2.20. The number of thiazole rings is 1. The smallest absolute Gasteiger partial charge is 0.225 e. The second-order valence-electron chi connectivity index (χ2n) is 2.78. The van der Waals surface area contributed by atoms with Crippen molar-refractivity contribution in [1.82, 2.24) is 15.0 Å². The Morgan fingerprint density at radius 1 is 1.36 bits per heavy atom. The number of fused-ring (bicyclic) bond motifs is 1. The van der Waals surface area contributed by atoms with Crippen molar-refractivity contribution in [1.29, 1.82) is 0 Å². The lowest BCUT2D eigenvalue weighted by Gasteiger charge is -1.95. The van der Waals surface area contributed by atoms with Crippen LogP contribution in [0.25, 0.3) is 10.3 Å². The van der Waals surface area contributed by atoms with E-state index in [0.29, 0.717) is 16.0 Å². The van der Waals surface area contributed by atoms with Crippen LogP contribution in [0.15, 0.2) is 0 Å². The van der Waals surface area contributed by atoms with Gasteiger partial charge in [0, 0.05) is 6.92 Å². The number of carbonyl (C=O) groups is 1. The van der Waals surface area contributed by atoms with E-state index in [9.17, 15) is 4.79 Å². The first-order valence-electron chi connectivity index (χ1n) is 3.89. The summed E-state index contributed by atoms with van der Waals surface area (Å²) in [6.45, 7) is 3.30. The largest absolute Gasteiger partial charge is 0.293 e. The van der Waals surface area contributed by atoms with Gasteiger partial charge in [-0.15, -0.1) is 11.3 Å². The highest BCUT2D eigenvalue weighted by Gasteiger charge is 2.13. The van der Waals surface area contributed by atoms with Gasteiger partial charge in [0.2, 0.25) is 5.28 Å². The number of Topliss-reactive ketones (excluding diaryl/α,β-unsaturated/α-hetero) is 1. The van der Waals surface area contributed by atoms with Gasteiger partial charge in [-0.25, -0.2) is 9.97 Å². The molecule has 0 saturated heterocycles. The van der Waals surface area contributed by atoms with E-state index in [1.165, 1.54) is 18.3 Å². The highest BCUT2D eigenvalue weighted by Crippen LogP contribution is 2.24. The summed E-state index contributed by atoms with van der Waals surface area (Å²) in [5.41, 5.74) is 0.850. The van der Waals surface area contributed by atoms with Crippen molar-refractivity contribution in [3.8, 4) is 0 Å². The van der Waals surface area contributed by atoms with Crippen molar-refractivity contribution in [2.75, 3.05) is 0 Å². The van der Waals surface area contributed by atoms with Crippen LogP contribution in [0.5, 0.6) is 0 Å². The summed E-state index contributed by atoms with van der Waals surface area (Å²) >= 11 is 7.07. The predicted molar refractivity (Wildman–Crippen MR) is 55.0 cm³/mol. The quantitative estimate of drug-likeness (QED) is 0.554. The fourth-order valence-electron chi connectivity index (χ4n) is 1.14. The van der Waals surface area contributed by atoms with Crippen LogP contribution in [0.4, 0.5) is 0 Å². The third kappa shape index (κ3) is 1.49. The molecule has 14 heavy (non-hydrogen) atoms. The van der Waals surface area contributed by atoms with Crippen molar-refractivity contribution in [2.24, 2.45) is 0 Å². The summed E-state index contributed by atoms with van der Waals surface area (Å²) in [5.74, 6) is -0.122. The Kier molecular flexibility index (Phi) is 2.20. The summed E-state index contributed by atoms with van der Waals surface area (Å²) in [5, 5.41) is 0.909. The maximum Gasteiger partial charge on any atom is 0.225 e.